The van der Waals surface area contributed by atoms with Crippen molar-refractivity contribution in [2.45, 2.75) is 64.5 Å². The van der Waals surface area contributed by atoms with Gasteiger partial charge < -0.3 is 29.7 Å². The summed E-state index contributed by atoms with van der Waals surface area (Å²) >= 11 is 0. The molecule has 0 saturated heterocycles. The lowest BCUT2D eigenvalue weighted by Gasteiger charge is -2.23. The van der Waals surface area contributed by atoms with Crippen LogP contribution in [-0.2, 0) is 35.2 Å². The SMILES string of the molecule is CC(C)(C)OC(=O)N[C@@H](CC(=O)O)Cc1cc(F)c(F)cc1F.CN(C)C(On1nnc2ccccc21)=[N+](C)C.Cl.FB(F)F.FC(F)(F)c1nnc2n1CCNC2.[F-]. The van der Waals surface area contributed by atoms with Crippen molar-refractivity contribution in [1.82, 2.24) is 45.5 Å². The average molecular weight is 883 g/mol. The second kappa shape index (κ2) is 23.9. The molecular weight excluding hydrogens is 841 g/mol. The number of carbonyl (C=O) groups excluding carboxylic acids is 1. The summed E-state index contributed by atoms with van der Waals surface area (Å²) in [4.78, 5) is 31.5. The fraction of sp³-hybridized carbons (Fsp3) is 0.469. The molecular formula is C32H42BClF10N10O5. The molecule has 1 aliphatic rings. The van der Waals surface area contributed by atoms with Crippen LogP contribution in [0.2, 0.25) is 0 Å². The molecule has 0 fully saturated rings. The predicted octanol–water partition coefficient (Wildman–Crippen LogP) is 1.77. The molecule has 1 atom stereocenters. The van der Waals surface area contributed by atoms with Crippen LogP contribution in [0.1, 0.15) is 44.4 Å². The number of alkyl halides is 3. The normalized spacial score (nSPS) is 12.1. The maximum Gasteiger partial charge on any atom is 0.762 e. The quantitative estimate of drug-likeness (QED) is 0.0647. The molecule has 0 bridgehead atoms. The highest BCUT2D eigenvalue weighted by Crippen LogP contribution is 2.28. The smallest absolute Gasteiger partial charge is 0.762 e. The van der Waals surface area contributed by atoms with Gasteiger partial charge in [-0.1, -0.05) is 17.0 Å². The summed E-state index contributed by atoms with van der Waals surface area (Å²) < 4.78 is 113. The van der Waals surface area contributed by atoms with Gasteiger partial charge in [-0.15, -0.1) is 27.7 Å². The Balaban J connectivity index is 0.000000827. The van der Waals surface area contributed by atoms with Gasteiger partial charge >= 0.3 is 31.8 Å². The number of hydrogen-bond acceptors (Lipinski definition) is 9. The molecule has 4 aromatic rings. The Labute approximate surface area is 337 Å². The molecule has 2 aromatic heterocycles. The van der Waals surface area contributed by atoms with Gasteiger partial charge in [0.2, 0.25) is 5.82 Å². The number of hydrogen-bond donors (Lipinski definition) is 3. The Bertz CT molecular complexity index is 1970. The van der Waals surface area contributed by atoms with Crippen LogP contribution < -0.4 is 20.2 Å². The van der Waals surface area contributed by atoms with Gasteiger partial charge in [-0.2, -0.15) is 13.2 Å². The van der Waals surface area contributed by atoms with Gasteiger partial charge in [0.25, 0.3) is 0 Å². The highest BCUT2D eigenvalue weighted by molar-refractivity contribution is 6.33. The van der Waals surface area contributed by atoms with Crippen molar-refractivity contribution in [3.05, 3.63) is 71.1 Å². The fourth-order valence-electron chi connectivity index (χ4n) is 4.70. The summed E-state index contributed by atoms with van der Waals surface area (Å²) in [5.74, 6) is -5.42. The maximum atomic E-state index is 13.6. The standard InChI is InChI=1S/C15H18F3NO4.C11H16N5O.C6H7F3N4.BF3.ClH.FH/c1-15(2,3)23-14(22)19-9(6-13(20)21)4-8-5-11(17)12(18)7-10(8)16;1-14(2)11(15(3)4)17-16-10-8-6-5-7-9(10)12-13-16;7-6(8,9)5-12-11-4-3-10-1-2-13(4)5;2-1(3)4;;/h5,7,9H,4,6H2,1-3H3,(H,19,22)(H,20,21);5-8H,1-4H3;10H,1-3H2;;2*1H/q;+1;;;;/p-1/t9-;;;;;/m1...../s1. The molecule has 0 aliphatic carbocycles. The summed E-state index contributed by atoms with van der Waals surface area (Å²) in [6.45, 7) is 6.00. The number of amides is 1. The molecule has 1 amide bonds. The van der Waals surface area contributed by atoms with Crippen LogP contribution in [0.25, 0.3) is 11.0 Å². The van der Waals surface area contributed by atoms with Gasteiger partial charge in [0.1, 0.15) is 28.3 Å². The Morgan fingerprint density at radius 2 is 1.61 bits per heavy atom. The zero-order valence-electron chi connectivity index (χ0n) is 32.5. The van der Waals surface area contributed by atoms with E-state index in [1.807, 2.05) is 61.9 Å². The van der Waals surface area contributed by atoms with Crippen molar-refractivity contribution in [1.29, 1.82) is 0 Å². The van der Waals surface area contributed by atoms with Crippen molar-refractivity contribution >= 4 is 49.1 Å². The van der Waals surface area contributed by atoms with Crippen molar-refractivity contribution < 1.29 is 72.8 Å². The molecule has 3 N–H and O–H groups in total. The molecule has 2 aromatic carbocycles. The van der Waals surface area contributed by atoms with Crippen LogP contribution in [0.5, 0.6) is 0 Å². The Kier molecular flexibility index (Phi) is 21.7. The summed E-state index contributed by atoms with van der Waals surface area (Å²) in [7, 11) is 3.98. The minimum atomic E-state index is -4.40. The Morgan fingerprint density at radius 1 is 1.02 bits per heavy atom. The number of aromatic nitrogens is 6. The van der Waals surface area contributed by atoms with Crippen molar-refractivity contribution in [2.75, 3.05) is 34.7 Å². The van der Waals surface area contributed by atoms with Gasteiger partial charge in [-0.25, -0.2) is 27.4 Å². The van der Waals surface area contributed by atoms with Crippen molar-refractivity contribution in [3.63, 3.8) is 0 Å². The van der Waals surface area contributed by atoms with Gasteiger partial charge in [-0.05, 0) is 56.2 Å². The van der Waals surface area contributed by atoms with Crippen LogP contribution in [0, 0.1) is 17.5 Å². The third-order valence-electron chi connectivity index (χ3n) is 6.83. The zero-order valence-corrected chi connectivity index (χ0v) is 33.3. The number of nitrogens with zero attached hydrogens (tertiary/aromatic N) is 8. The number of alkyl carbamates (subject to hydrolysis) is 1. The first-order chi connectivity index (χ1) is 26.4. The Hall–Kier alpha value is -5.40. The number of nitrogens with one attached hydrogen (secondary N) is 2. The van der Waals surface area contributed by atoms with E-state index in [1.54, 1.807) is 20.8 Å². The van der Waals surface area contributed by atoms with E-state index < -0.39 is 67.1 Å². The largest absolute Gasteiger partial charge is 1.00 e. The molecule has 1 aliphatic heterocycles. The van der Waals surface area contributed by atoms with E-state index in [4.69, 9.17) is 14.7 Å². The number of amidine groups is 1. The van der Waals surface area contributed by atoms with Crippen LogP contribution in [0.3, 0.4) is 0 Å². The highest BCUT2D eigenvalue weighted by Gasteiger charge is 2.38. The lowest BCUT2D eigenvalue weighted by molar-refractivity contribution is -0.480. The average Bonchev–Trinajstić information content (AvgIpc) is 3.70. The third kappa shape index (κ3) is 18.4. The third-order valence-corrected chi connectivity index (χ3v) is 6.83. The molecule has 59 heavy (non-hydrogen) atoms. The van der Waals surface area contributed by atoms with Gasteiger partial charge in [-0.3, -0.25) is 22.6 Å². The lowest BCUT2D eigenvalue weighted by atomic mass is 10.0. The summed E-state index contributed by atoms with van der Waals surface area (Å²) in [5, 5.41) is 28.6. The van der Waals surface area contributed by atoms with E-state index in [1.165, 1.54) is 4.85 Å². The van der Waals surface area contributed by atoms with E-state index in [9.17, 15) is 48.9 Å². The number of aliphatic carboxylic acids is 1. The van der Waals surface area contributed by atoms with Crippen LogP contribution in [0.4, 0.5) is 44.1 Å². The second-order valence-electron chi connectivity index (χ2n) is 13.1. The molecule has 0 unspecified atom stereocenters. The molecule has 27 heteroatoms. The molecule has 0 saturated carbocycles. The number of para-hydroxylation sites is 1. The number of halogens is 11. The van der Waals surface area contributed by atoms with Gasteiger partial charge in [0.15, 0.2) is 11.6 Å². The summed E-state index contributed by atoms with van der Waals surface area (Å²) in [5.41, 5.74) is 0.606. The summed E-state index contributed by atoms with van der Waals surface area (Å²) in [6, 6.07) is 8.31. The van der Waals surface area contributed by atoms with E-state index >= 15 is 0 Å². The zero-order chi connectivity index (χ0) is 43.2. The fourth-order valence-corrected chi connectivity index (χ4v) is 4.70. The molecule has 0 spiro atoms. The summed E-state index contributed by atoms with van der Waals surface area (Å²) in [6.07, 6.45) is -6.14. The molecule has 3 heterocycles. The monoisotopic (exact) mass is 882 g/mol. The minimum Gasteiger partial charge on any atom is -1.00 e. The Morgan fingerprint density at radius 3 is 2.15 bits per heavy atom. The number of ether oxygens (including phenoxy) is 1. The number of carboxylic acids is 1. The molecule has 0 radical (unpaired) electrons. The van der Waals surface area contributed by atoms with Crippen molar-refractivity contribution in [2.24, 2.45) is 0 Å². The number of benzene rings is 2. The number of carboxylic acid groups (broad SMARTS) is 1. The van der Waals surface area contributed by atoms with E-state index in [2.05, 4.69) is 31.1 Å². The van der Waals surface area contributed by atoms with Crippen LogP contribution in [-0.4, -0.2) is 117 Å². The van der Waals surface area contributed by atoms with E-state index in [0.717, 1.165) is 15.6 Å². The predicted molar refractivity (Wildman–Crippen MR) is 193 cm³/mol. The first-order valence-electron chi connectivity index (χ1n) is 16.6. The van der Waals surface area contributed by atoms with Crippen molar-refractivity contribution in [3.8, 4) is 0 Å². The van der Waals surface area contributed by atoms with Crippen LogP contribution in [0.15, 0.2) is 36.4 Å². The first kappa shape index (κ1) is 53.6. The second-order valence-corrected chi connectivity index (χ2v) is 13.1. The number of carbonyl (C=O) groups is 2. The molecule has 15 nitrogen and oxygen atoms in total. The molecule has 330 valence electrons. The first-order valence-corrected chi connectivity index (χ1v) is 16.6. The molecule has 5 rings (SSSR count). The van der Waals surface area contributed by atoms with Gasteiger partial charge in [0, 0.05) is 25.2 Å². The number of fused-ring (bicyclic) bond motifs is 2. The number of rotatable bonds is 6. The minimum absolute atomic E-state index is 0. The van der Waals surface area contributed by atoms with E-state index in [-0.39, 0.29) is 35.6 Å². The highest BCUT2D eigenvalue weighted by atomic mass is 35.5. The van der Waals surface area contributed by atoms with E-state index in [0.29, 0.717) is 37.1 Å². The maximum absolute atomic E-state index is 13.6. The van der Waals surface area contributed by atoms with Gasteiger partial charge in [0.05, 0.1) is 41.2 Å². The lowest BCUT2D eigenvalue weighted by Crippen LogP contribution is -3.00. The van der Waals surface area contributed by atoms with Crippen LogP contribution >= 0.6 is 12.4 Å². The topological polar surface area (TPSA) is 165 Å².